The molecule has 0 amide bonds. The number of alkyl halides is 1. The standard InChI is InChI=1S/C16H16BrCl/c1-2-3-12-4-6-13(7-5-12)16(17)14-8-10-15(18)11-9-14/h4-11,16H,2-3H2,1H3. The quantitative estimate of drug-likeness (QED) is 0.626. The third-order valence-electron chi connectivity index (χ3n) is 2.97. The maximum absolute atomic E-state index is 5.90. The molecule has 94 valence electrons. The van der Waals surface area contributed by atoms with E-state index < -0.39 is 0 Å². The summed E-state index contributed by atoms with van der Waals surface area (Å²) in [6.45, 7) is 2.20. The summed E-state index contributed by atoms with van der Waals surface area (Å²) in [6, 6.07) is 16.8. The number of benzene rings is 2. The lowest BCUT2D eigenvalue weighted by Crippen LogP contribution is -1.93. The van der Waals surface area contributed by atoms with Crippen molar-refractivity contribution in [2.45, 2.75) is 24.6 Å². The lowest BCUT2D eigenvalue weighted by Gasteiger charge is -2.11. The van der Waals surface area contributed by atoms with Crippen LogP contribution in [0.15, 0.2) is 48.5 Å². The molecule has 0 saturated carbocycles. The predicted molar refractivity (Wildman–Crippen MR) is 82.7 cm³/mol. The van der Waals surface area contributed by atoms with E-state index in [0.717, 1.165) is 11.4 Å². The van der Waals surface area contributed by atoms with E-state index in [2.05, 4.69) is 59.3 Å². The van der Waals surface area contributed by atoms with Crippen molar-refractivity contribution in [2.75, 3.05) is 0 Å². The van der Waals surface area contributed by atoms with Crippen LogP contribution < -0.4 is 0 Å². The number of halogens is 2. The van der Waals surface area contributed by atoms with Crippen LogP contribution in [-0.2, 0) is 6.42 Å². The van der Waals surface area contributed by atoms with Crippen molar-refractivity contribution in [1.29, 1.82) is 0 Å². The Morgan fingerprint density at radius 3 is 1.94 bits per heavy atom. The van der Waals surface area contributed by atoms with Crippen LogP contribution in [0.1, 0.15) is 34.9 Å². The van der Waals surface area contributed by atoms with Gasteiger partial charge in [0, 0.05) is 5.02 Å². The number of rotatable bonds is 4. The lowest BCUT2D eigenvalue weighted by atomic mass is 10.0. The van der Waals surface area contributed by atoms with Gasteiger partial charge in [-0.05, 0) is 35.2 Å². The minimum absolute atomic E-state index is 0.227. The van der Waals surface area contributed by atoms with Crippen molar-refractivity contribution in [3.8, 4) is 0 Å². The third-order valence-corrected chi connectivity index (χ3v) is 4.28. The minimum atomic E-state index is 0.227. The van der Waals surface area contributed by atoms with Gasteiger partial charge in [0.05, 0.1) is 4.83 Å². The molecule has 0 bridgehead atoms. The molecule has 0 heterocycles. The van der Waals surface area contributed by atoms with Crippen molar-refractivity contribution < 1.29 is 0 Å². The van der Waals surface area contributed by atoms with Gasteiger partial charge in [0.1, 0.15) is 0 Å². The summed E-state index contributed by atoms with van der Waals surface area (Å²) >= 11 is 9.64. The molecule has 0 spiro atoms. The SMILES string of the molecule is CCCc1ccc(C(Br)c2ccc(Cl)cc2)cc1. The highest BCUT2D eigenvalue weighted by Gasteiger charge is 2.09. The minimum Gasteiger partial charge on any atom is -0.0843 e. The molecule has 0 N–H and O–H groups in total. The molecule has 0 nitrogen and oxygen atoms in total. The summed E-state index contributed by atoms with van der Waals surface area (Å²) in [6.07, 6.45) is 2.34. The van der Waals surface area contributed by atoms with Gasteiger partial charge in [-0.25, -0.2) is 0 Å². The topological polar surface area (TPSA) is 0 Å². The fraction of sp³-hybridized carbons (Fsp3) is 0.250. The molecule has 2 aromatic carbocycles. The molecule has 2 rings (SSSR count). The second-order valence-corrected chi connectivity index (χ2v) is 5.76. The zero-order chi connectivity index (χ0) is 13.0. The summed E-state index contributed by atoms with van der Waals surface area (Å²) in [5, 5.41) is 0.775. The van der Waals surface area contributed by atoms with Crippen LogP contribution in [0.2, 0.25) is 5.02 Å². The Balaban J connectivity index is 2.17. The van der Waals surface area contributed by atoms with Crippen molar-refractivity contribution in [1.82, 2.24) is 0 Å². The first-order valence-electron chi connectivity index (χ1n) is 6.19. The van der Waals surface area contributed by atoms with Crippen LogP contribution >= 0.6 is 27.5 Å². The van der Waals surface area contributed by atoms with Crippen LogP contribution in [0.25, 0.3) is 0 Å². The van der Waals surface area contributed by atoms with E-state index >= 15 is 0 Å². The molecule has 0 aliphatic carbocycles. The highest BCUT2D eigenvalue weighted by atomic mass is 79.9. The normalized spacial score (nSPS) is 12.4. The van der Waals surface area contributed by atoms with Crippen molar-refractivity contribution in [2.24, 2.45) is 0 Å². The van der Waals surface area contributed by atoms with E-state index in [0.29, 0.717) is 0 Å². The molecular formula is C16H16BrCl. The zero-order valence-corrected chi connectivity index (χ0v) is 12.7. The van der Waals surface area contributed by atoms with Gasteiger partial charge in [0.2, 0.25) is 0 Å². The summed E-state index contributed by atoms with van der Waals surface area (Å²) in [5.74, 6) is 0. The van der Waals surface area contributed by atoms with E-state index in [1.165, 1.54) is 23.1 Å². The highest BCUT2D eigenvalue weighted by Crippen LogP contribution is 2.31. The van der Waals surface area contributed by atoms with Gasteiger partial charge >= 0.3 is 0 Å². The molecular weight excluding hydrogens is 308 g/mol. The lowest BCUT2D eigenvalue weighted by molar-refractivity contribution is 0.920. The molecule has 1 unspecified atom stereocenters. The first-order valence-corrected chi connectivity index (χ1v) is 7.48. The van der Waals surface area contributed by atoms with Gasteiger partial charge < -0.3 is 0 Å². The maximum atomic E-state index is 5.90. The highest BCUT2D eigenvalue weighted by molar-refractivity contribution is 9.09. The van der Waals surface area contributed by atoms with Crippen LogP contribution in [0, 0.1) is 0 Å². The summed E-state index contributed by atoms with van der Waals surface area (Å²) in [7, 11) is 0. The zero-order valence-electron chi connectivity index (χ0n) is 10.4. The largest absolute Gasteiger partial charge is 0.0843 e. The average molecular weight is 324 g/mol. The molecule has 2 aromatic rings. The second-order valence-electron chi connectivity index (χ2n) is 4.41. The summed E-state index contributed by atoms with van der Waals surface area (Å²) in [4.78, 5) is 0.227. The number of hydrogen-bond donors (Lipinski definition) is 0. The Hall–Kier alpha value is -0.790. The van der Waals surface area contributed by atoms with Gasteiger partial charge in [-0.2, -0.15) is 0 Å². The smallest absolute Gasteiger partial charge is 0.0644 e. The monoisotopic (exact) mass is 322 g/mol. The fourth-order valence-corrected chi connectivity index (χ4v) is 2.70. The molecule has 0 saturated heterocycles. The van der Waals surface area contributed by atoms with Crippen molar-refractivity contribution in [3.63, 3.8) is 0 Å². The number of hydrogen-bond acceptors (Lipinski definition) is 0. The molecule has 0 fully saturated rings. The predicted octanol–water partition coefficient (Wildman–Crippen LogP) is 5.78. The van der Waals surface area contributed by atoms with E-state index in [-0.39, 0.29) is 4.83 Å². The van der Waals surface area contributed by atoms with Gasteiger partial charge in [-0.1, -0.05) is 77.3 Å². The average Bonchev–Trinajstić information content (AvgIpc) is 2.40. The van der Waals surface area contributed by atoms with E-state index in [1.54, 1.807) is 0 Å². The number of aryl methyl sites for hydroxylation is 1. The Morgan fingerprint density at radius 2 is 1.44 bits per heavy atom. The Labute approximate surface area is 122 Å². The fourth-order valence-electron chi connectivity index (χ4n) is 1.97. The maximum Gasteiger partial charge on any atom is 0.0644 e. The summed E-state index contributed by atoms with van der Waals surface area (Å²) < 4.78 is 0. The van der Waals surface area contributed by atoms with Gasteiger partial charge in [-0.3, -0.25) is 0 Å². The molecule has 0 aliphatic heterocycles. The first kappa shape index (κ1) is 13.6. The first-order chi connectivity index (χ1) is 8.70. The molecule has 1 atom stereocenters. The van der Waals surface area contributed by atoms with Gasteiger partial charge in [0.15, 0.2) is 0 Å². The van der Waals surface area contributed by atoms with Crippen LogP contribution in [-0.4, -0.2) is 0 Å². The van der Waals surface area contributed by atoms with Crippen molar-refractivity contribution in [3.05, 3.63) is 70.2 Å². The van der Waals surface area contributed by atoms with Crippen molar-refractivity contribution >= 4 is 27.5 Å². The Morgan fingerprint density at radius 1 is 0.944 bits per heavy atom. The van der Waals surface area contributed by atoms with Crippen LogP contribution in [0.4, 0.5) is 0 Å². The Kier molecular flexibility index (Phi) is 4.85. The van der Waals surface area contributed by atoms with Crippen LogP contribution in [0.3, 0.4) is 0 Å². The second kappa shape index (κ2) is 6.40. The van der Waals surface area contributed by atoms with E-state index in [1.807, 2.05) is 12.1 Å². The van der Waals surface area contributed by atoms with Gasteiger partial charge in [0.25, 0.3) is 0 Å². The molecule has 0 aliphatic rings. The third kappa shape index (κ3) is 3.37. The van der Waals surface area contributed by atoms with E-state index in [9.17, 15) is 0 Å². The molecule has 0 aromatic heterocycles. The van der Waals surface area contributed by atoms with Crippen LogP contribution in [0.5, 0.6) is 0 Å². The molecule has 0 radical (unpaired) electrons. The summed E-state index contributed by atoms with van der Waals surface area (Å²) in [5.41, 5.74) is 3.90. The Bertz CT molecular complexity index is 488. The van der Waals surface area contributed by atoms with E-state index in [4.69, 9.17) is 11.6 Å². The molecule has 18 heavy (non-hydrogen) atoms. The van der Waals surface area contributed by atoms with Gasteiger partial charge in [-0.15, -0.1) is 0 Å². The molecule has 2 heteroatoms.